The molecule has 1 aromatic rings. The summed E-state index contributed by atoms with van der Waals surface area (Å²) in [5.41, 5.74) is 0.321. The number of sulfonamides is 1. The number of nitro benzene ring substituents is 1. The molecule has 9 nitrogen and oxygen atoms in total. The second kappa shape index (κ2) is 8.73. The number of anilines is 1. The fraction of sp³-hybridized carbons (Fsp3) is 0.667. The van der Waals surface area contributed by atoms with Crippen LogP contribution in [0, 0.1) is 16.0 Å². The van der Waals surface area contributed by atoms with E-state index < -0.39 is 14.9 Å². The maximum Gasteiger partial charge on any atom is 0.293 e. The Kier molecular flexibility index (Phi) is 6.54. The molecular weight excluding hydrogens is 384 g/mol. The van der Waals surface area contributed by atoms with E-state index in [9.17, 15) is 18.5 Å². The normalized spacial score (nSPS) is 19.9. The highest BCUT2D eigenvalue weighted by molar-refractivity contribution is 7.89. The largest absolute Gasteiger partial charge is 0.379 e. The van der Waals surface area contributed by atoms with Crippen molar-refractivity contribution in [3.63, 3.8) is 0 Å². The topological polar surface area (TPSA) is 96.2 Å². The van der Waals surface area contributed by atoms with E-state index in [1.165, 1.54) is 16.4 Å². The van der Waals surface area contributed by atoms with Gasteiger partial charge in [0.1, 0.15) is 5.69 Å². The molecule has 0 unspecified atom stereocenters. The minimum absolute atomic E-state index is 0.0386. The van der Waals surface area contributed by atoms with Crippen LogP contribution in [0.25, 0.3) is 0 Å². The number of benzene rings is 1. The number of piperazine rings is 1. The van der Waals surface area contributed by atoms with Crippen LogP contribution in [0.1, 0.15) is 13.8 Å². The van der Waals surface area contributed by atoms with Gasteiger partial charge in [0.15, 0.2) is 0 Å². The van der Waals surface area contributed by atoms with Crippen LogP contribution in [-0.4, -0.2) is 81.6 Å². The van der Waals surface area contributed by atoms with Crippen molar-refractivity contribution in [2.45, 2.75) is 18.7 Å². The zero-order valence-corrected chi connectivity index (χ0v) is 17.2. The lowest BCUT2D eigenvalue weighted by Gasteiger charge is -2.36. The lowest BCUT2D eigenvalue weighted by atomic mass is 10.1. The highest BCUT2D eigenvalue weighted by Gasteiger charge is 2.30. The quantitative estimate of drug-likeness (QED) is 0.515. The predicted molar refractivity (Wildman–Crippen MR) is 106 cm³/mol. The average Bonchev–Trinajstić information content (AvgIpc) is 2.68. The van der Waals surface area contributed by atoms with Gasteiger partial charge in [-0.1, -0.05) is 13.8 Å². The smallest absolute Gasteiger partial charge is 0.293 e. The van der Waals surface area contributed by atoms with Crippen molar-refractivity contribution >= 4 is 21.4 Å². The van der Waals surface area contributed by atoms with Crippen molar-refractivity contribution < 1.29 is 18.1 Å². The molecule has 3 rings (SSSR count). The molecule has 0 aromatic heterocycles. The molecule has 10 heteroatoms. The standard InChI is InChI=1S/C18H28N4O5S/c1-15(2)14-19-5-7-20(8-6-19)17-4-3-16(13-18(17)22(23)24)28(25,26)21-9-11-27-12-10-21/h3-4,13,15H,5-12,14H2,1-2H3. The van der Waals surface area contributed by atoms with Crippen molar-refractivity contribution in [3.05, 3.63) is 28.3 Å². The summed E-state index contributed by atoms with van der Waals surface area (Å²) in [6.45, 7) is 9.58. The van der Waals surface area contributed by atoms with Gasteiger partial charge in [0, 0.05) is 51.9 Å². The number of nitrogens with zero attached hydrogens (tertiary/aromatic N) is 4. The third-order valence-electron chi connectivity index (χ3n) is 5.09. The SMILES string of the molecule is CC(C)CN1CCN(c2ccc(S(=O)(=O)N3CCOCC3)cc2[N+](=O)[O-])CC1. The minimum atomic E-state index is -3.77. The Morgan fingerprint density at radius 2 is 1.75 bits per heavy atom. The van der Waals surface area contributed by atoms with E-state index in [1.54, 1.807) is 6.07 Å². The maximum atomic E-state index is 12.8. The molecule has 0 atom stereocenters. The third-order valence-corrected chi connectivity index (χ3v) is 6.98. The Hall–Kier alpha value is -1.75. The molecule has 0 N–H and O–H groups in total. The van der Waals surface area contributed by atoms with Gasteiger partial charge < -0.3 is 9.64 Å². The Morgan fingerprint density at radius 1 is 1.11 bits per heavy atom. The molecule has 0 saturated carbocycles. The Labute approximate surface area is 166 Å². The van der Waals surface area contributed by atoms with E-state index in [4.69, 9.17) is 4.74 Å². The van der Waals surface area contributed by atoms with Crippen molar-refractivity contribution in [1.82, 2.24) is 9.21 Å². The molecule has 1 aromatic carbocycles. The molecule has 2 aliphatic rings. The van der Waals surface area contributed by atoms with Crippen molar-refractivity contribution in [3.8, 4) is 0 Å². The summed E-state index contributed by atoms with van der Waals surface area (Å²) < 4.78 is 32.2. The summed E-state index contributed by atoms with van der Waals surface area (Å²) in [6, 6.07) is 4.25. The second-order valence-electron chi connectivity index (χ2n) is 7.61. The van der Waals surface area contributed by atoms with Gasteiger partial charge in [0.25, 0.3) is 5.69 Å². The van der Waals surface area contributed by atoms with Gasteiger partial charge >= 0.3 is 0 Å². The molecule has 0 spiro atoms. The van der Waals surface area contributed by atoms with Crippen LogP contribution < -0.4 is 4.90 Å². The third kappa shape index (κ3) is 4.62. The summed E-state index contributed by atoms with van der Waals surface area (Å²) in [5, 5.41) is 11.7. The van der Waals surface area contributed by atoms with Crippen LogP contribution in [0.15, 0.2) is 23.1 Å². The molecule has 0 bridgehead atoms. The van der Waals surface area contributed by atoms with Gasteiger partial charge in [-0.15, -0.1) is 0 Å². The first-order valence-electron chi connectivity index (χ1n) is 9.62. The lowest BCUT2D eigenvalue weighted by Crippen LogP contribution is -2.47. The number of nitro groups is 1. The molecule has 2 heterocycles. The fourth-order valence-corrected chi connectivity index (χ4v) is 5.13. The maximum absolute atomic E-state index is 12.8. The van der Waals surface area contributed by atoms with E-state index in [1.807, 2.05) is 4.90 Å². The van der Waals surface area contributed by atoms with Crippen molar-refractivity contribution in [2.75, 3.05) is 63.9 Å². The molecule has 2 saturated heterocycles. The molecule has 0 amide bonds. The summed E-state index contributed by atoms with van der Waals surface area (Å²) in [5.74, 6) is 0.575. The van der Waals surface area contributed by atoms with Gasteiger partial charge in [-0.3, -0.25) is 15.0 Å². The lowest BCUT2D eigenvalue weighted by molar-refractivity contribution is -0.384. The van der Waals surface area contributed by atoms with Crippen LogP contribution in [0.2, 0.25) is 0 Å². The summed E-state index contributed by atoms with van der Waals surface area (Å²) in [4.78, 5) is 15.5. The molecule has 2 fully saturated rings. The highest BCUT2D eigenvalue weighted by Crippen LogP contribution is 2.32. The number of hydrogen-bond donors (Lipinski definition) is 0. The summed E-state index contributed by atoms with van der Waals surface area (Å²) in [6.07, 6.45) is 0. The minimum Gasteiger partial charge on any atom is -0.379 e. The number of hydrogen-bond acceptors (Lipinski definition) is 7. The van der Waals surface area contributed by atoms with Crippen molar-refractivity contribution in [2.24, 2.45) is 5.92 Å². The molecular formula is C18H28N4O5S. The Bertz CT molecular complexity index is 800. The van der Waals surface area contributed by atoms with Gasteiger partial charge in [-0.25, -0.2) is 8.42 Å². The zero-order valence-electron chi connectivity index (χ0n) is 16.4. The Balaban J connectivity index is 1.81. The summed E-state index contributed by atoms with van der Waals surface area (Å²) >= 11 is 0. The molecule has 156 valence electrons. The highest BCUT2D eigenvalue weighted by atomic mass is 32.2. The molecule has 0 aliphatic carbocycles. The van der Waals surface area contributed by atoms with E-state index in [2.05, 4.69) is 18.7 Å². The number of rotatable bonds is 6. The van der Waals surface area contributed by atoms with Gasteiger partial charge in [-0.05, 0) is 18.1 Å². The van der Waals surface area contributed by atoms with Crippen LogP contribution in [0.4, 0.5) is 11.4 Å². The zero-order chi connectivity index (χ0) is 20.3. The van der Waals surface area contributed by atoms with E-state index in [-0.39, 0.29) is 23.7 Å². The first-order valence-corrected chi connectivity index (χ1v) is 11.1. The fourth-order valence-electron chi connectivity index (χ4n) is 3.70. The number of ether oxygens (including phenoxy) is 1. The Morgan fingerprint density at radius 3 is 2.32 bits per heavy atom. The summed E-state index contributed by atoms with van der Waals surface area (Å²) in [7, 11) is -3.77. The monoisotopic (exact) mass is 412 g/mol. The van der Waals surface area contributed by atoms with Crippen molar-refractivity contribution in [1.29, 1.82) is 0 Å². The predicted octanol–water partition coefficient (Wildman–Crippen LogP) is 1.39. The van der Waals surface area contributed by atoms with E-state index in [0.29, 0.717) is 37.9 Å². The van der Waals surface area contributed by atoms with Crippen LogP contribution in [0.5, 0.6) is 0 Å². The molecule has 28 heavy (non-hydrogen) atoms. The first-order chi connectivity index (χ1) is 13.3. The van der Waals surface area contributed by atoms with Gasteiger partial charge in [0.05, 0.1) is 23.0 Å². The number of morpholine rings is 1. The first kappa shape index (κ1) is 21.0. The van der Waals surface area contributed by atoms with E-state index in [0.717, 1.165) is 19.6 Å². The molecule has 0 radical (unpaired) electrons. The molecule has 2 aliphatic heterocycles. The van der Waals surface area contributed by atoms with Crippen LogP contribution in [0.3, 0.4) is 0 Å². The van der Waals surface area contributed by atoms with Gasteiger partial charge in [-0.2, -0.15) is 4.31 Å². The van der Waals surface area contributed by atoms with Crippen LogP contribution in [-0.2, 0) is 14.8 Å². The van der Waals surface area contributed by atoms with E-state index >= 15 is 0 Å². The van der Waals surface area contributed by atoms with Crippen LogP contribution >= 0.6 is 0 Å². The average molecular weight is 413 g/mol. The second-order valence-corrected chi connectivity index (χ2v) is 9.54. The van der Waals surface area contributed by atoms with Gasteiger partial charge in [0.2, 0.25) is 10.0 Å².